The van der Waals surface area contributed by atoms with Gasteiger partial charge in [0.25, 0.3) is 0 Å². The number of rotatable bonds is 2. The maximum atomic E-state index is 11.8. The van der Waals surface area contributed by atoms with Crippen molar-refractivity contribution < 1.29 is 19.0 Å². The van der Waals surface area contributed by atoms with Gasteiger partial charge in [0.15, 0.2) is 5.06 Å². The summed E-state index contributed by atoms with van der Waals surface area (Å²) < 4.78 is 16.4. The normalized spacial score (nSPS) is 11.4. The molecule has 120 valence electrons. The minimum absolute atomic E-state index is 0.273. The van der Waals surface area contributed by atoms with Crippen molar-refractivity contribution in [2.45, 2.75) is 6.92 Å². The minimum atomic E-state index is -0.696. The van der Waals surface area contributed by atoms with Crippen molar-refractivity contribution in [1.82, 2.24) is 0 Å². The predicted molar refractivity (Wildman–Crippen MR) is 92.9 cm³/mol. The summed E-state index contributed by atoms with van der Waals surface area (Å²) >= 11 is 1.38. The van der Waals surface area contributed by atoms with Crippen LogP contribution in [0.15, 0.2) is 53.9 Å². The Labute approximate surface area is 143 Å². The highest BCUT2D eigenvalue weighted by Crippen LogP contribution is 2.52. The number of thiophene rings is 1. The van der Waals surface area contributed by atoms with Gasteiger partial charge in [0, 0.05) is 27.6 Å². The van der Waals surface area contributed by atoms with Crippen LogP contribution in [0.4, 0.5) is 4.79 Å². The molecule has 2 aromatic carbocycles. The van der Waals surface area contributed by atoms with Gasteiger partial charge in [-0.25, -0.2) is 4.79 Å². The first-order valence-electron chi connectivity index (χ1n) is 7.60. The highest BCUT2D eigenvalue weighted by molar-refractivity contribution is 7.13. The Morgan fingerprint density at radius 1 is 1.00 bits per heavy atom. The molecule has 1 aromatic heterocycles. The Balaban J connectivity index is 1.92. The van der Waals surface area contributed by atoms with Gasteiger partial charge in [0.05, 0.1) is 6.61 Å². The molecule has 0 saturated carbocycles. The van der Waals surface area contributed by atoms with E-state index in [-0.39, 0.29) is 6.61 Å². The Kier molecular flexibility index (Phi) is 3.70. The molecule has 2 heterocycles. The van der Waals surface area contributed by atoms with E-state index in [1.54, 1.807) is 6.92 Å². The fraction of sp³-hybridized carbons (Fsp3) is 0.105. The molecule has 0 atom stereocenters. The number of hydrogen-bond donors (Lipinski definition) is 0. The first-order valence-corrected chi connectivity index (χ1v) is 8.48. The zero-order valence-electron chi connectivity index (χ0n) is 12.9. The third-order valence-electron chi connectivity index (χ3n) is 3.75. The Morgan fingerprint density at radius 2 is 1.67 bits per heavy atom. The van der Waals surface area contributed by atoms with Crippen LogP contribution in [0.2, 0.25) is 0 Å². The second-order valence-corrected chi connectivity index (χ2v) is 6.03. The summed E-state index contributed by atoms with van der Waals surface area (Å²) in [5.74, 6) is 1.51. The molecule has 1 aliphatic heterocycles. The van der Waals surface area contributed by atoms with Crippen LogP contribution in [0.5, 0.6) is 16.6 Å². The zero-order valence-corrected chi connectivity index (χ0v) is 13.8. The average Bonchev–Trinajstić information content (AvgIpc) is 2.93. The summed E-state index contributed by atoms with van der Waals surface area (Å²) in [4.78, 5) is 11.8. The molecule has 4 nitrogen and oxygen atoms in total. The molecule has 0 N–H and O–H groups in total. The summed E-state index contributed by atoms with van der Waals surface area (Å²) in [5, 5.41) is 2.49. The predicted octanol–water partition coefficient (Wildman–Crippen LogP) is 5.72. The summed E-state index contributed by atoms with van der Waals surface area (Å²) in [5.41, 5.74) is 3.70. The lowest BCUT2D eigenvalue weighted by atomic mass is 9.99. The largest absolute Gasteiger partial charge is 0.514 e. The fourth-order valence-electron chi connectivity index (χ4n) is 2.75. The van der Waals surface area contributed by atoms with Crippen molar-refractivity contribution in [3.8, 4) is 38.8 Å². The topological polar surface area (TPSA) is 44.8 Å². The van der Waals surface area contributed by atoms with Gasteiger partial charge in [-0.1, -0.05) is 36.4 Å². The first-order chi connectivity index (χ1) is 11.8. The standard InChI is InChI=1S/C19H14O4S/c1-2-21-19(20)23-18-17-13-8-4-6-10-16(13)22-15-9-5-3-7-12(15)14(17)11-24-18/h3-11H,2H2,1H3. The number of fused-ring (bicyclic) bond motifs is 5. The second-order valence-electron chi connectivity index (χ2n) is 5.19. The molecule has 4 rings (SSSR count). The van der Waals surface area contributed by atoms with Crippen LogP contribution < -0.4 is 9.47 Å². The van der Waals surface area contributed by atoms with Gasteiger partial charge in [0.1, 0.15) is 11.5 Å². The van der Waals surface area contributed by atoms with E-state index in [1.165, 1.54) is 11.3 Å². The average molecular weight is 338 g/mol. The van der Waals surface area contributed by atoms with Crippen molar-refractivity contribution in [2.75, 3.05) is 6.61 Å². The quantitative estimate of drug-likeness (QED) is 0.438. The number of para-hydroxylation sites is 2. The Hall–Kier alpha value is -2.79. The van der Waals surface area contributed by atoms with E-state index in [2.05, 4.69) is 0 Å². The molecule has 0 aliphatic carbocycles. The van der Waals surface area contributed by atoms with Crippen molar-refractivity contribution in [1.29, 1.82) is 0 Å². The minimum Gasteiger partial charge on any atom is -0.456 e. The molecular weight excluding hydrogens is 324 g/mol. The molecule has 0 saturated heterocycles. The number of carbonyl (C=O) groups excluding carboxylic acids is 1. The molecule has 0 spiro atoms. The SMILES string of the molecule is CCOC(=O)Oc1scc2c1-c1ccccc1Oc1ccccc1-2. The summed E-state index contributed by atoms with van der Waals surface area (Å²) in [7, 11) is 0. The van der Waals surface area contributed by atoms with E-state index in [9.17, 15) is 4.79 Å². The van der Waals surface area contributed by atoms with Gasteiger partial charge < -0.3 is 14.2 Å². The van der Waals surface area contributed by atoms with Crippen LogP contribution in [-0.4, -0.2) is 12.8 Å². The van der Waals surface area contributed by atoms with Crippen LogP contribution in [0.3, 0.4) is 0 Å². The lowest BCUT2D eigenvalue weighted by Crippen LogP contribution is -2.09. The Bertz CT molecular complexity index is 913. The van der Waals surface area contributed by atoms with Gasteiger partial charge >= 0.3 is 6.16 Å². The van der Waals surface area contributed by atoms with Crippen LogP contribution in [0, 0.1) is 0 Å². The third kappa shape index (κ3) is 2.43. The Morgan fingerprint density at radius 3 is 2.42 bits per heavy atom. The van der Waals surface area contributed by atoms with E-state index in [1.807, 2.05) is 53.9 Å². The molecule has 0 fully saturated rings. The summed E-state index contributed by atoms with van der Waals surface area (Å²) in [6.07, 6.45) is -0.696. The summed E-state index contributed by atoms with van der Waals surface area (Å²) in [6, 6.07) is 15.6. The molecule has 24 heavy (non-hydrogen) atoms. The van der Waals surface area contributed by atoms with Crippen LogP contribution in [-0.2, 0) is 4.74 Å². The van der Waals surface area contributed by atoms with Crippen LogP contribution in [0.1, 0.15) is 6.92 Å². The van der Waals surface area contributed by atoms with E-state index in [4.69, 9.17) is 14.2 Å². The molecule has 0 radical (unpaired) electrons. The van der Waals surface area contributed by atoms with E-state index in [0.29, 0.717) is 5.06 Å². The van der Waals surface area contributed by atoms with Gasteiger partial charge in [-0.3, -0.25) is 0 Å². The lowest BCUT2D eigenvalue weighted by molar-refractivity contribution is 0.106. The number of carbonyl (C=O) groups is 1. The van der Waals surface area contributed by atoms with Crippen molar-refractivity contribution in [3.05, 3.63) is 53.9 Å². The van der Waals surface area contributed by atoms with E-state index >= 15 is 0 Å². The third-order valence-corrected chi connectivity index (χ3v) is 4.60. The molecule has 3 aromatic rings. The van der Waals surface area contributed by atoms with Crippen molar-refractivity contribution in [2.24, 2.45) is 0 Å². The van der Waals surface area contributed by atoms with E-state index < -0.39 is 6.16 Å². The molecule has 5 heteroatoms. The van der Waals surface area contributed by atoms with Gasteiger partial charge in [-0.05, 0) is 19.1 Å². The van der Waals surface area contributed by atoms with Gasteiger partial charge in [-0.2, -0.15) is 0 Å². The highest BCUT2D eigenvalue weighted by atomic mass is 32.1. The molecule has 0 bridgehead atoms. The smallest absolute Gasteiger partial charge is 0.456 e. The zero-order chi connectivity index (χ0) is 16.5. The van der Waals surface area contributed by atoms with Crippen LogP contribution >= 0.6 is 11.3 Å². The number of hydrogen-bond acceptors (Lipinski definition) is 5. The highest BCUT2D eigenvalue weighted by Gasteiger charge is 2.26. The maximum absolute atomic E-state index is 11.8. The number of ether oxygens (including phenoxy) is 3. The van der Waals surface area contributed by atoms with Crippen molar-refractivity contribution in [3.63, 3.8) is 0 Å². The van der Waals surface area contributed by atoms with Gasteiger partial charge in [-0.15, -0.1) is 11.3 Å². The van der Waals surface area contributed by atoms with Gasteiger partial charge in [0.2, 0.25) is 0 Å². The number of benzene rings is 2. The molecule has 0 amide bonds. The maximum Gasteiger partial charge on any atom is 0.514 e. The van der Waals surface area contributed by atoms with Crippen molar-refractivity contribution >= 4 is 17.5 Å². The molecule has 1 aliphatic rings. The first kappa shape index (κ1) is 14.8. The van der Waals surface area contributed by atoms with Crippen LogP contribution in [0.25, 0.3) is 22.3 Å². The lowest BCUT2D eigenvalue weighted by Gasteiger charge is -2.09. The monoisotopic (exact) mass is 338 g/mol. The molecule has 0 unspecified atom stereocenters. The summed E-state index contributed by atoms with van der Waals surface area (Å²) in [6.45, 7) is 2.02. The fourth-order valence-corrected chi connectivity index (χ4v) is 3.67. The van der Waals surface area contributed by atoms with E-state index in [0.717, 1.165) is 33.8 Å². The second kappa shape index (κ2) is 6.02. The molecular formula is C19H14O4S.